The summed E-state index contributed by atoms with van der Waals surface area (Å²) < 4.78 is 23.4. The van der Waals surface area contributed by atoms with Crippen molar-refractivity contribution in [1.82, 2.24) is 10.2 Å². The first-order valence-electron chi connectivity index (χ1n) is 6.60. The normalized spacial score (nSPS) is 33.1. The molecular weight excluding hydrogens is 236 g/mol. The van der Waals surface area contributed by atoms with E-state index in [1.807, 2.05) is 0 Å². The number of likely N-dealkylation sites (tertiary alicyclic amines) is 1. The number of sulfone groups is 1. The molecular formula is C12H24N2O2S. The molecule has 1 saturated carbocycles. The van der Waals surface area contributed by atoms with Crippen LogP contribution in [0.15, 0.2) is 0 Å². The van der Waals surface area contributed by atoms with Crippen molar-refractivity contribution in [2.45, 2.75) is 49.4 Å². The van der Waals surface area contributed by atoms with Gasteiger partial charge in [0.2, 0.25) is 0 Å². The highest BCUT2D eigenvalue weighted by atomic mass is 32.2. The fraction of sp³-hybridized carbons (Fsp3) is 1.00. The summed E-state index contributed by atoms with van der Waals surface area (Å²) in [7, 11) is -0.742. The molecule has 2 rings (SSSR count). The Kier molecular flexibility index (Phi) is 4.10. The summed E-state index contributed by atoms with van der Waals surface area (Å²) in [6.07, 6.45) is 6.56. The fourth-order valence-electron chi connectivity index (χ4n) is 3.11. The summed E-state index contributed by atoms with van der Waals surface area (Å²) in [6.45, 7) is 2.24. The third-order valence-electron chi connectivity index (χ3n) is 4.17. The van der Waals surface area contributed by atoms with Crippen molar-refractivity contribution in [1.29, 1.82) is 0 Å². The summed E-state index contributed by atoms with van der Waals surface area (Å²) in [6, 6.07) is 0.706. The van der Waals surface area contributed by atoms with E-state index in [2.05, 4.69) is 17.3 Å². The van der Waals surface area contributed by atoms with Crippen LogP contribution in [-0.4, -0.2) is 57.0 Å². The smallest absolute Gasteiger partial charge is 0.151 e. The lowest BCUT2D eigenvalue weighted by molar-refractivity contribution is 0.225. The molecule has 17 heavy (non-hydrogen) atoms. The predicted octanol–water partition coefficient (Wildman–Crippen LogP) is 0.636. The predicted molar refractivity (Wildman–Crippen MR) is 69.9 cm³/mol. The van der Waals surface area contributed by atoms with Gasteiger partial charge in [-0.3, -0.25) is 0 Å². The Bertz CT molecular complexity index is 348. The fourth-order valence-corrected chi connectivity index (χ4v) is 4.51. The molecule has 0 aromatic carbocycles. The number of hydrogen-bond donors (Lipinski definition) is 1. The lowest BCUT2D eigenvalue weighted by Crippen LogP contribution is -2.49. The van der Waals surface area contributed by atoms with Gasteiger partial charge in [0.05, 0.1) is 5.25 Å². The highest BCUT2D eigenvalue weighted by molar-refractivity contribution is 7.91. The van der Waals surface area contributed by atoms with Crippen LogP contribution >= 0.6 is 0 Å². The van der Waals surface area contributed by atoms with Crippen LogP contribution in [0.4, 0.5) is 0 Å². The second kappa shape index (κ2) is 5.24. The van der Waals surface area contributed by atoms with Crippen LogP contribution in [0.2, 0.25) is 0 Å². The third-order valence-corrected chi connectivity index (χ3v) is 5.83. The van der Waals surface area contributed by atoms with E-state index in [0.29, 0.717) is 6.04 Å². The Morgan fingerprint density at radius 2 is 1.76 bits per heavy atom. The van der Waals surface area contributed by atoms with Crippen molar-refractivity contribution < 1.29 is 8.42 Å². The molecule has 5 heteroatoms. The molecule has 0 radical (unpaired) electrons. The largest absolute Gasteiger partial charge is 0.310 e. The second-order valence-electron chi connectivity index (χ2n) is 5.65. The maximum absolute atomic E-state index is 11.7. The van der Waals surface area contributed by atoms with Gasteiger partial charge >= 0.3 is 0 Å². The number of hydrogen-bond acceptors (Lipinski definition) is 4. The zero-order chi connectivity index (χ0) is 12.5. The Balaban J connectivity index is 1.90. The molecule has 0 amide bonds. The first-order chi connectivity index (χ1) is 7.97. The Morgan fingerprint density at radius 3 is 2.35 bits per heavy atom. The van der Waals surface area contributed by atoms with E-state index in [1.165, 1.54) is 6.26 Å². The number of nitrogens with zero attached hydrogens (tertiary/aromatic N) is 1. The van der Waals surface area contributed by atoms with Crippen LogP contribution in [0.25, 0.3) is 0 Å². The first-order valence-corrected chi connectivity index (χ1v) is 8.56. The highest BCUT2D eigenvalue weighted by Gasteiger charge is 2.36. The van der Waals surface area contributed by atoms with Crippen molar-refractivity contribution in [3.05, 3.63) is 0 Å². The summed E-state index contributed by atoms with van der Waals surface area (Å²) in [5.41, 5.74) is 0. The summed E-state index contributed by atoms with van der Waals surface area (Å²) in [5, 5.41) is 3.44. The van der Waals surface area contributed by atoms with Crippen molar-refractivity contribution in [2.75, 3.05) is 26.4 Å². The molecule has 2 unspecified atom stereocenters. The molecule has 2 fully saturated rings. The minimum absolute atomic E-state index is 0.151. The average Bonchev–Trinajstić information content (AvgIpc) is 2.69. The van der Waals surface area contributed by atoms with Gasteiger partial charge < -0.3 is 10.2 Å². The highest BCUT2D eigenvalue weighted by Crippen LogP contribution is 2.26. The minimum Gasteiger partial charge on any atom is -0.310 e. The summed E-state index contributed by atoms with van der Waals surface area (Å²) >= 11 is 0. The van der Waals surface area contributed by atoms with Gasteiger partial charge in [0.1, 0.15) is 0 Å². The molecule has 0 spiro atoms. The van der Waals surface area contributed by atoms with Gasteiger partial charge in [-0.15, -0.1) is 0 Å². The molecule has 2 atom stereocenters. The van der Waals surface area contributed by atoms with Crippen molar-refractivity contribution in [3.8, 4) is 0 Å². The maximum Gasteiger partial charge on any atom is 0.151 e. The Morgan fingerprint density at radius 1 is 1.12 bits per heavy atom. The van der Waals surface area contributed by atoms with Gasteiger partial charge in [-0.25, -0.2) is 8.42 Å². The molecule has 1 N–H and O–H groups in total. The molecule has 4 nitrogen and oxygen atoms in total. The van der Waals surface area contributed by atoms with E-state index >= 15 is 0 Å². The lowest BCUT2D eigenvalue weighted by atomic mass is 10.0. The van der Waals surface area contributed by atoms with Crippen molar-refractivity contribution >= 4 is 9.84 Å². The molecule has 1 aliphatic carbocycles. The average molecular weight is 260 g/mol. The molecule has 2 aliphatic rings. The number of rotatable bonds is 3. The third kappa shape index (κ3) is 3.42. The topological polar surface area (TPSA) is 49.4 Å². The molecule has 1 saturated heterocycles. The van der Waals surface area contributed by atoms with Gasteiger partial charge in [0.15, 0.2) is 9.84 Å². The van der Waals surface area contributed by atoms with Gasteiger partial charge in [0, 0.05) is 18.3 Å². The molecule has 1 aliphatic heterocycles. The van der Waals surface area contributed by atoms with Crippen LogP contribution < -0.4 is 5.32 Å². The molecule has 100 valence electrons. The van der Waals surface area contributed by atoms with E-state index in [0.717, 1.165) is 45.2 Å². The zero-order valence-corrected chi connectivity index (χ0v) is 11.7. The second-order valence-corrected chi connectivity index (χ2v) is 7.91. The summed E-state index contributed by atoms with van der Waals surface area (Å²) in [4.78, 5) is 2.33. The Labute approximate surface area is 105 Å². The van der Waals surface area contributed by atoms with Crippen LogP contribution in [0.1, 0.15) is 32.1 Å². The molecule has 1 heterocycles. The van der Waals surface area contributed by atoms with Crippen LogP contribution in [0.3, 0.4) is 0 Å². The van der Waals surface area contributed by atoms with Crippen LogP contribution in [0, 0.1) is 0 Å². The summed E-state index contributed by atoms with van der Waals surface area (Å²) in [5.74, 6) is 0. The van der Waals surface area contributed by atoms with Gasteiger partial charge in [-0.2, -0.15) is 0 Å². The van der Waals surface area contributed by atoms with Crippen LogP contribution in [0.5, 0.6) is 0 Å². The van der Waals surface area contributed by atoms with E-state index in [9.17, 15) is 8.42 Å². The van der Waals surface area contributed by atoms with E-state index in [4.69, 9.17) is 0 Å². The first kappa shape index (κ1) is 13.3. The zero-order valence-electron chi connectivity index (χ0n) is 10.9. The van der Waals surface area contributed by atoms with E-state index in [-0.39, 0.29) is 11.3 Å². The monoisotopic (exact) mass is 260 g/mol. The number of nitrogens with one attached hydrogen (secondary N) is 1. The standard InChI is InChI=1S/C12H24N2O2S/c1-14-8-6-10(7-9-14)13-11-4-3-5-12(11)17(2,15)16/h10-13H,3-9H2,1-2H3. The van der Waals surface area contributed by atoms with E-state index in [1.54, 1.807) is 0 Å². The van der Waals surface area contributed by atoms with Crippen LogP contribution in [-0.2, 0) is 9.84 Å². The minimum atomic E-state index is -2.89. The van der Waals surface area contributed by atoms with Crippen molar-refractivity contribution in [3.63, 3.8) is 0 Å². The molecule has 0 bridgehead atoms. The van der Waals surface area contributed by atoms with Gasteiger partial charge in [0.25, 0.3) is 0 Å². The lowest BCUT2D eigenvalue weighted by Gasteiger charge is -2.33. The van der Waals surface area contributed by atoms with Gasteiger partial charge in [-0.1, -0.05) is 6.42 Å². The molecule has 0 aromatic heterocycles. The molecule has 0 aromatic rings. The number of piperidine rings is 1. The maximum atomic E-state index is 11.7. The van der Waals surface area contributed by atoms with Crippen molar-refractivity contribution in [2.24, 2.45) is 0 Å². The van der Waals surface area contributed by atoms with Gasteiger partial charge in [-0.05, 0) is 45.8 Å². The quantitative estimate of drug-likeness (QED) is 0.809. The Hall–Kier alpha value is -0.130. The SMILES string of the molecule is CN1CCC(NC2CCCC2S(C)(=O)=O)CC1. The van der Waals surface area contributed by atoms with E-state index < -0.39 is 9.84 Å².